The van der Waals surface area contributed by atoms with Crippen LogP contribution in [0.25, 0.3) is 0 Å². The fraction of sp³-hybridized carbons (Fsp3) is 0.538. The first kappa shape index (κ1) is 18.6. The van der Waals surface area contributed by atoms with E-state index in [2.05, 4.69) is 10.0 Å². The summed E-state index contributed by atoms with van der Waals surface area (Å²) < 4.78 is 31.0. The van der Waals surface area contributed by atoms with Crippen molar-refractivity contribution in [2.75, 3.05) is 13.1 Å². The fourth-order valence-corrected chi connectivity index (χ4v) is 3.55. The SMILES string of the molecule is CCCNC(=O)C(C)OC(=O)CCNS(=O)(=O)c1cccs1. The van der Waals surface area contributed by atoms with Crippen LogP contribution in [0.4, 0.5) is 0 Å². The molecular weight excluding hydrogens is 328 g/mol. The summed E-state index contributed by atoms with van der Waals surface area (Å²) >= 11 is 1.09. The molecule has 7 nitrogen and oxygen atoms in total. The molecule has 0 fully saturated rings. The van der Waals surface area contributed by atoms with E-state index in [0.717, 1.165) is 17.8 Å². The molecular formula is C13H20N2O5S2. The molecule has 22 heavy (non-hydrogen) atoms. The number of amides is 1. The molecule has 9 heteroatoms. The number of carbonyl (C=O) groups excluding carboxylic acids is 2. The van der Waals surface area contributed by atoms with Gasteiger partial charge in [0.2, 0.25) is 10.0 Å². The molecule has 1 aromatic rings. The van der Waals surface area contributed by atoms with Gasteiger partial charge in [-0.05, 0) is 24.8 Å². The lowest BCUT2D eigenvalue weighted by molar-refractivity contribution is -0.154. The lowest BCUT2D eigenvalue weighted by atomic mass is 10.3. The van der Waals surface area contributed by atoms with Gasteiger partial charge in [-0.2, -0.15) is 0 Å². The first-order chi connectivity index (χ1) is 10.4. The third-order valence-corrected chi connectivity index (χ3v) is 5.47. The molecule has 1 heterocycles. The normalized spacial score (nSPS) is 12.6. The van der Waals surface area contributed by atoms with Gasteiger partial charge in [0.05, 0.1) is 6.42 Å². The van der Waals surface area contributed by atoms with E-state index in [1.165, 1.54) is 13.0 Å². The van der Waals surface area contributed by atoms with Gasteiger partial charge in [0, 0.05) is 13.1 Å². The molecule has 1 rings (SSSR count). The molecule has 0 bridgehead atoms. The highest BCUT2D eigenvalue weighted by Gasteiger charge is 2.18. The topological polar surface area (TPSA) is 102 Å². The maximum atomic E-state index is 11.8. The Morgan fingerprint density at radius 3 is 2.68 bits per heavy atom. The van der Waals surface area contributed by atoms with Gasteiger partial charge in [-0.15, -0.1) is 11.3 Å². The van der Waals surface area contributed by atoms with Gasteiger partial charge in [-0.25, -0.2) is 13.1 Å². The predicted molar refractivity (Wildman–Crippen MR) is 83.0 cm³/mol. The lowest BCUT2D eigenvalue weighted by Gasteiger charge is -2.13. The van der Waals surface area contributed by atoms with Crippen molar-refractivity contribution in [3.05, 3.63) is 17.5 Å². The molecule has 0 aliphatic carbocycles. The van der Waals surface area contributed by atoms with Gasteiger partial charge in [-0.3, -0.25) is 9.59 Å². The Morgan fingerprint density at radius 1 is 1.36 bits per heavy atom. The summed E-state index contributed by atoms with van der Waals surface area (Å²) in [7, 11) is -3.59. The average molecular weight is 348 g/mol. The number of sulfonamides is 1. The maximum absolute atomic E-state index is 11.8. The van der Waals surface area contributed by atoms with E-state index in [-0.39, 0.29) is 23.1 Å². The minimum Gasteiger partial charge on any atom is -0.453 e. The van der Waals surface area contributed by atoms with Crippen molar-refractivity contribution in [3.8, 4) is 0 Å². The summed E-state index contributed by atoms with van der Waals surface area (Å²) in [5.74, 6) is -0.998. The van der Waals surface area contributed by atoms with Crippen LogP contribution in [0.1, 0.15) is 26.7 Å². The molecule has 1 aromatic heterocycles. The number of hydrogen-bond acceptors (Lipinski definition) is 6. The Kier molecular flexibility index (Phi) is 7.49. The second kappa shape index (κ2) is 8.86. The molecule has 2 N–H and O–H groups in total. The van der Waals surface area contributed by atoms with Crippen LogP contribution in [0.15, 0.2) is 21.7 Å². The van der Waals surface area contributed by atoms with E-state index in [9.17, 15) is 18.0 Å². The second-order valence-electron chi connectivity index (χ2n) is 4.50. The van der Waals surface area contributed by atoms with Gasteiger partial charge < -0.3 is 10.1 Å². The fourth-order valence-electron chi connectivity index (χ4n) is 1.48. The molecule has 0 saturated carbocycles. The van der Waals surface area contributed by atoms with E-state index in [4.69, 9.17) is 4.74 Å². The zero-order valence-corrected chi connectivity index (χ0v) is 14.1. The van der Waals surface area contributed by atoms with Crippen molar-refractivity contribution in [1.82, 2.24) is 10.0 Å². The summed E-state index contributed by atoms with van der Waals surface area (Å²) in [5, 5.41) is 4.26. The third kappa shape index (κ3) is 6.12. The first-order valence-corrected chi connectivity index (χ1v) is 9.23. The van der Waals surface area contributed by atoms with Crippen LogP contribution in [-0.2, 0) is 24.3 Å². The van der Waals surface area contributed by atoms with Crippen molar-refractivity contribution >= 4 is 33.2 Å². The van der Waals surface area contributed by atoms with Crippen molar-refractivity contribution in [2.45, 2.75) is 37.0 Å². The van der Waals surface area contributed by atoms with E-state index < -0.39 is 22.1 Å². The smallest absolute Gasteiger partial charge is 0.307 e. The van der Waals surface area contributed by atoms with Crippen molar-refractivity contribution in [3.63, 3.8) is 0 Å². The Morgan fingerprint density at radius 2 is 2.09 bits per heavy atom. The Bertz CT molecular complexity index is 584. The molecule has 0 saturated heterocycles. The minimum atomic E-state index is -3.59. The largest absolute Gasteiger partial charge is 0.453 e. The number of thiophene rings is 1. The van der Waals surface area contributed by atoms with Gasteiger partial charge >= 0.3 is 5.97 Å². The summed E-state index contributed by atoms with van der Waals surface area (Å²) in [5.41, 5.74) is 0. The van der Waals surface area contributed by atoms with Crippen LogP contribution in [0.5, 0.6) is 0 Å². The van der Waals surface area contributed by atoms with Crippen LogP contribution < -0.4 is 10.0 Å². The number of nitrogens with one attached hydrogen (secondary N) is 2. The lowest BCUT2D eigenvalue weighted by Crippen LogP contribution is -2.36. The molecule has 124 valence electrons. The third-order valence-electron chi connectivity index (χ3n) is 2.61. The second-order valence-corrected chi connectivity index (χ2v) is 7.44. The molecule has 0 radical (unpaired) electrons. The summed E-state index contributed by atoms with van der Waals surface area (Å²) in [4.78, 5) is 23.1. The molecule has 1 unspecified atom stereocenters. The number of esters is 1. The molecule has 0 aliphatic rings. The van der Waals surface area contributed by atoms with Gasteiger partial charge in [-0.1, -0.05) is 13.0 Å². The summed E-state index contributed by atoms with van der Waals surface area (Å²) in [6.07, 6.45) is -0.250. The maximum Gasteiger partial charge on any atom is 0.307 e. The van der Waals surface area contributed by atoms with Crippen LogP contribution in [0, 0.1) is 0 Å². The summed E-state index contributed by atoms with van der Waals surface area (Å²) in [6.45, 7) is 3.82. The Hall–Kier alpha value is -1.45. The van der Waals surface area contributed by atoms with Gasteiger partial charge in [0.1, 0.15) is 4.21 Å². The highest BCUT2D eigenvalue weighted by molar-refractivity contribution is 7.91. The Labute approximate surface area is 134 Å². The highest BCUT2D eigenvalue weighted by atomic mass is 32.2. The standard InChI is InChI=1S/C13H20N2O5S2/c1-3-7-14-13(17)10(2)20-11(16)6-8-15-22(18,19)12-5-4-9-21-12/h4-5,9-10,15H,3,6-8H2,1-2H3,(H,14,17). The predicted octanol–water partition coefficient (Wildman–Crippen LogP) is 0.874. The number of carbonyl (C=O) groups is 2. The number of ether oxygens (including phenoxy) is 1. The van der Waals surface area contributed by atoms with Crippen LogP contribution in [0.2, 0.25) is 0 Å². The summed E-state index contributed by atoms with van der Waals surface area (Å²) in [6, 6.07) is 3.11. The van der Waals surface area contributed by atoms with E-state index in [1.54, 1.807) is 11.4 Å². The van der Waals surface area contributed by atoms with Gasteiger partial charge in [0.15, 0.2) is 6.10 Å². The number of hydrogen-bond donors (Lipinski definition) is 2. The van der Waals surface area contributed by atoms with E-state index in [0.29, 0.717) is 6.54 Å². The van der Waals surface area contributed by atoms with Crippen LogP contribution in [0.3, 0.4) is 0 Å². The van der Waals surface area contributed by atoms with Gasteiger partial charge in [0.25, 0.3) is 5.91 Å². The average Bonchev–Trinajstić information content (AvgIpc) is 2.99. The van der Waals surface area contributed by atoms with Crippen molar-refractivity contribution in [1.29, 1.82) is 0 Å². The van der Waals surface area contributed by atoms with E-state index in [1.807, 2.05) is 6.92 Å². The zero-order valence-electron chi connectivity index (χ0n) is 12.5. The van der Waals surface area contributed by atoms with Crippen molar-refractivity contribution < 1.29 is 22.7 Å². The molecule has 1 atom stereocenters. The molecule has 1 amide bonds. The van der Waals surface area contributed by atoms with Crippen LogP contribution in [-0.4, -0.2) is 39.5 Å². The zero-order chi connectivity index (χ0) is 16.6. The van der Waals surface area contributed by atoms with Crippen molar-refractivity contribution in [2.24, 2.45) is 0 Å². The Balaban J connectivity index is 2.33. The highest BCUT2D eigenvalue weighted by Crippen LogP contribution is 2.15. The first-order valence-electron chi connectivity index (χ1n) is 6.87. The van der Waals surface area contributed by atoms with Crippen LogP contribution >= 0.6 is 11.3 Å². The quantitative estimate of drug-likeness (QED) is 0.645. The number of rotatable bonds is 9. The molecule has 0 aliphatic heterocycles. The van der Waals surface area contributed by atoms with E-state index >= 15 is 0 Å². The molecule has 0 aromatic carbocycles. The molecule has 0 spiro atoms. The minimum absolute atomic E-state index is 0.0810. The monoisotopic (exact) mass is 348 g/mol.